The Hall–Kier alpha value is -1.89. The third-order valence-electron chi connectivity index (χ3n) is 3.40. The van der Waals surface area contributed by atoms with Gasteiger partial charge in [-0.3, -0.25) is 4.79 Å². The van der Waals surface area contributed by atoms with Gasteiger partial charge in [0.05, 0.1) is 5.56 Å². The van der Waals surface area contributed by atoms with Gasteiger partial charge < -0.3 is 5.32 Å². The number of carbonyl (C=O) groups is 1. The molecule has 100 valence electrons. The highest BCUT2D eigenvalue weighted by atomic mass is 16.1. The second-order valence-corrected chi connectivity index (χ2v) is 4.82. The first-order valence-electron chi connectivity index (χ1n) is 6.85. The zero-order valence-electron chi connectivity index (χ0n) is 11.2. The number of hydrogen-bond acceptors (Lipinski definition) is 3. The van der Waals surface area contributed by atoms with Crippen molar-refractivity contribution in [1.82, 2.24) is 15.3 Å². The standard InChI is InChI=1S/C15H19N3O/c1-2-15(19)18-14-6-4-3-5-13(14)8-7-12-9-16-11-17-10-12/h9-11,13-14H,2-6H2,1H3,(H,18,19). The summed E-state index contributed by atoms with van der Waals surface area (Å²) in [6.45, 7) is 1.88. The fourth-order valence-electron chi connectivity index (χ4n) is 2.32. The predicted octanol–water partition coefficient (Wildman–Crippen LogP) is 1.91. The van der Waals surface area contributed by atoms with E-state index in [1.807, 2.05) is 6.92 Å². The van der Waals surface area contributed by atoms with Gasteiger partial charge in [-0.05, 0) is 12.8 Å². The normalized spacial score (nSPS) is 22.2. The maximum absolute atomic E-state index is 11.5. The van der Waals surface area contributed by atoms with E-state index in [9.17, 15) is 4.79 Å². The number of amides is 1. The van der Waals surface area contributed by atoms with E-state index in [-0.39, 0.29) is 17.9 Å². The lowest BCUT2D eigenvalue weighted by Crippen LogP contribution is -2.41. The van der Waals surface area contributed by atoms with Crippen LogP contribution in [0.4, 0.5) is 0 Å². The molecule has 1 aliphatic rings. The zero-order chi connectivity index (χ0) is 13.5. The van der Waals surface area contributed by atoms with Crippen LogP contribution in [0.15, 0.2) is 18.7 Å². The smallest absolute Gasteiger partial charge is 0.219 e. The molecule has 1 aromatic heterocycles. The number of nitrogens with zero attached hydrogens (tertiary/aromatic N) is 2. The van der Waals surface area contributed by atoms with Gasteiger partial charge in [-0.15, -0.1) is 0 Å². The molecule has 2 unspecified atom stereocenters. The molecule has 0 bridgehead atoms. The van der Waals surface area contributed by atoms with E-state index in [1.165, 1.54) is 19.2 Å². The number of aromatic nitrogens is 2. The summed E-state index contributed by atoms with van der Waals surface area (Å²) in [5.74, 6) is 6.73. The Balaban J connectivity index is 2.04. The topological polar surface area (TPSA) is 54.9 Å². The van der Waals surface area contributed by atoms with Gasteiger partial charge in [0.1, 0.15) is 6.33 Å². The molecule has 4 heteroatoms. The fraction of sp³-hybridized carbons (Fsp3) is 0.533. The molecule has 2 atom stereocenters. The molecule has 1 saturated carbocycles. The lowest BCUT2D eigenvalue weighted by atomic mass is 9.84. The zero-order valence-corrected chi connectivity index (χ0v) is 11.2. The van der Waals surface area contributed by atoms with Crippen LogP contribution < -0.4 is 5.32 Å². The van der Waals surface area contributed by atoms with Crippen LogP contribution in [0, 0.1) is 17.8 Å². The highest BCUT2D eigenvalue weighted by molar-refractivity contribution is 5.75. The van der Waals surface area contributed by atoms with E-state index >= 15 is 0 Å². The number of hydrogen-bond donors (Lipinski definition) is 1. The molecule has 1 aliphatic carbocycles. The summed E-state index contributed by atoms with van der Waals surface area (Å²) < 4.78 is 0. The minimum atomic E-state index is 0.113. The predicted molar refractivity (Wildman–Crippen MR) is 73.1 cm³/mol. The van der Waals surface area contributed by atoms with E-state index in [0.717, 1.165) is 18.4 Å². The average Bonchev–Trinajstić information content (AvgIpc) is 2.47. The van der Waals surface area contributed by atoms with Gasteiger partial charge in [-0.2, -0.15) is 0 Å². The van der Waals surface area contributed by atoms with Crippen molar-refractivity contribution in [3.05, 3.63) is 24.3 Å². The fourth-order valence-corrected chi connectivity index (χ4v) is 2.32. The van der Waals surface area contributed by atoms with Crippen LogP contribution in [0.3, 0.4) is 0 Å². The monoisotopic (exact) mass is 257 g/mol. The molecule has 4 nitrogen and oxygen atoms in total. The Labute approximate surface area is 114 Å². The molecule has 2 rings (SSSR count). The third kappa shape index (κ3) is 4.06. The molecule has 1 fully saturated rings. The van der Waals surface area contributed by atoms with Crippen molar-refractivity contribution in [2.75, 3.05) is 0 Å². The van der Waals surface area contributed by atoms with Gasteiger partial charge in [0.25, 0.3) is 0 Å². The molecule has 1 heterocycles. The SMILES string of the molecule is CCC(=O)NC1CCCCC1C#Cc1cncnc1. The molecular formula is C15H19N3O. The summed E-state index contributed by atoms with van der Waals surface area (Å²) in [5, 5.41) is 3.08. The summed E-state index contributed by atoms with van der Waals surface area (Å²) in [6.07, 6.45) is 9.88. The Kier molecular flexibility index (Phi) is 4.91. The van der Waals surface area contributed by atoms with Crippen molar-refractivity contribution in [2.24, 2.45) is 5.92 Å². The van der Waals surface area contributed by atoms with E-state index in [2.05, 4.69) is 27.1 Å². The Morgan fingerprint density at radius 2 is 2.11 bits per heavy atom. The maximum Gasteiger partial charge on any atom is 0.219 e. The van der Waals surface area contributed by atoms with Gasteiger partial charge in [0.2, 0.25) is 5.91 Å². The highest BCUT2D eigenvalue weighted by Crippen LogP contribution is 2.24. The van der Waals surface area contributed by atoms with E-state index in [1.54, 1.807) is 12.4 Å². The summed E-state index contributed by atoms with van der Waals surface area (Å²) in [5.41, 5.74) is 0.827. The molecule has 0 spiro atoms. The Bertz CT molecular complexity index is 475. The molecule has 0 aromatic carbocycles. The molecular weight excluding hydrogens is 238 g/mol. The van der Waals surface area contributed by atoms with E-state index in [0.29, 0.717) is 6.42 Å². The van der Waals surface area contributed by atoms with Crippen LogP contribution in [0.2, 0.25) is 0 Å². The van der Waals surface area contributed by atoms with Gasteiger partial charge in [-0.1, -0.05) is 31.6 Å². The lowest BCUT2D eigenvalue weighted by molar-refractivity contribution is -0.121. The van der Waals surface area contributed by atoms with Crippen molar-refractivity contribution < 1.29 is 4.79 Å². The molecule has 1 N–H and O–H groups in total. The van der Waals surface area contributed by atoms with Crippen molar-refractivity contribution in [1.29, 1.82) is 0 Å². The summed E-state index contributed by atoms with van der Waals surface area (Å²) in [4.78, 5) is 19.4. The summed E-state index contributed by atoms with van der Waals surface area (Å²) in [7, 11) is 0. The second-order valence-electron chi connectivity index (χ2n) is 4.82. The second kappa shape index (κ2) is 6.89. The molecule has 0 radical (unpaired) electrons. The van der Waals surface area contributed by atoms with Gasteiger partial charge in [0, 0.05) is 30.8 Å². The van der Waals surface area contributed by atoms with Crippen LogP contribution in [0.5, 0.6) is 0 Å². The number of carbonyl (C=O) groups excluding carboxylic acids is 1. The molecule has 1 aromatic rings. The first-order chi connectivity index (χ1) is 9.29. The van der Waals surface area contributed by atoms with Crippen LogP contribution >= 0.6 is 0 Å². The quantitative estimate of drug-likeness (QED) is 0.823. The largest absolute Gasteiger partial charge is 0.352 e. The van der Waals surface area contributed by atoms with E-state index in [4.69, 9.17) is 0 Å². The summed E-state index contributed by atoms with van der Waals surface area (Å²) in [6, 6.07) is 0.193. The van der Waals surface area contributed by atoms with E-state index < -0.39 is 0 Å². The average molecular weight is 257 g/mol. The van der Waals surface area contributed by atoms with Gasteiger partial charge in [0.15, 0.2) is 0 Å². The van der Waals surface area contributed by atoms with Crippen molar-refractivity contribution in [3.63, 3.8) is 0 Å². The van der Waals surface area contributed by atoms with Crippen molar-refractivity contribution >= 4 is 5.91 Å². The molecule has 1 amide bonds. The van der Waals surface area contributed by atoms with Gasteiger partial charge in [-0.25, -0.2) is 9.97 Å². The van der Waals surface area contributed by atoms with Gasteiger partial charge >= 0.3 is 0 Å². The number of rotatable bonds is 2. The maximum atomic E-state index is 11.5. The number of nitrogens with one attached hydrogen (secondary N) is 1. The van der Waals surface area contributed by atoms with Crippen LogP contribution in [-0.2, 0) is 4.79 Å². The molecule has 0 saturated heterocycles. The minimum Gasteiger partial charge on any atom is -0.352 e. The van der Waals surface area contributed by atoms with Crippen molar-refractivity contribution in [3.8, 4) is 11.8 Å². The minimum absolute atomic E-state index is 0.113. The van der Waals surface area contributed by atoms with Crippen LogP contribution in [-0.4, -0.2) is 21.9 Å². The van der Waals surface area contributed by atoms with Crippen molar-refractivity contribution in [2.45, 2.75) is 45.1 Å². The lowest BCUT2D eigenvalue weighted by Gasteiger charge is -2.28. The summed E-state index contributed by atoms with van der Waals surface area (Å²) >= 11 is 0. The highest BCUT2D eigenvalue weighted by Gasteiger charge is 2.24. The van der Waals surface area contributed by atoms with Crippen LogP contribution in [0.25, 0.3) is 0 Å². The van der Waals surface area contributed by atoms with Crippen LogP contribution in [0.1, 0.15) is 44.6 Å². The third-order valence-corrected chi connectivity index (χ3v) is 3.40. The molecule has 19 heavy (non-hydrogen) atoms. The molecule has 0 aliphatic heterocycles. The first-order valence-corrected chi connectivity index (χ1v) is 6.85. The first kappa shape index (κ1) is 13.5. The Morgan fingerprint density at radius 1 is 1.37 bits per heavy atom. The Morgan fingerprint density at radius 3 is 2.84 bits per heavy atom.